The second-order valence-electron chi connectivity index (χ2n) is 4.84. The summed E-state index contributed by atoms with van der Waals surface area (Å²) in [7, 11) is 0. The van der Waals surface area contributed by atoms with Crippen LogP contribution in [0.4, 0.5) is 5.13 Å². The van der Waals surface area contributed by atoms with E-state index in [1.807, 2.05) is 37.3 Å². The number of rotatable bonds is 6. The van der Waals surface area contributed by atoms with Gasteiger partial charge in [0.25, 0.3) is 0 Å². The average molecular weight is 472 g/mol. The Labute approximate surface area is 163 Å². The SMILES string of the molecule is Br.CCOc1cccc2sc(NCC(=O)c3ccc(Br)cc3)nc12. The summed E-state index contributed by atoms with van der Waals surface area (Å²) in [6, 6.07) is 13.2. The Morgan fingerprint density at radius 2 is 2.00 bits per heavy atom. The fourth-order valence-electron chi connectivity index (χ4n) is 2.16. The number of nitrogens with zero attached hydrogens (tertiary/aromatic N) is 1. The van der Waals surface area contributed by atoms with Crippen LogP contribution in [-0.2, 0) is 0 Å². The molecule has 0 fully saturated rings. The number of carbonyl (C=O) groups is 1. The third kappa shape index (κ3) is 4.34. The summed E-state index contributed by atoms with van der Waals surface area (Å²) in [5, 5.41) is 3.83. The molecular formula is C17H16Br2N2O2S. The summed E-state index contributed by atoms with van der Waals surface area (Å²) in [6.07, 6.45) is 0. The number of nitrogens with one attached hydrogen (secondary N) is 1. The molecule has 0 atom stereocenters. The minimum atomic E-state index is 0. The van der Waals surface area contributed by atoms with E-state index in [4.69, 9.17) is 4.74 Å². The Kier molecular flexibility index (Phi) is 6.77. The maximum absolute atomic E-state index is 12.2. The van der Waals surface area contributed by atoms with Crippen molar-refractivity contribution in [3.05, 3.63) is 52.5 Å². The summed E-state index contributed by atoms with van der Waals surface area (Å²) < 4.78 is 7.58. The van der Waals surface area contributed by atoms with Gasteiger partial charge in [0.1, 0.15) is 11.3 Å². The van der Waals surface area contributed by atoms with Gasteiger partial charge >= 0.3 is 0 Å². The molecule has 0 aliphatic heterocycles. The maximum Gasteiger partial charge on any atom is 0.184 e. The molecule has 3 aromatic rings. The smallest absolute Gasteiger partial charge is 0.184 e. The summed E-state index contributed by atoms with van der Waals surface area (Å²) >= 11 is 4.88. The molecule has 1 heterocycles. The third-order valence-electron chi connectivity index (χ3n) is 3.25. The van der Waals surface area contributed by atoms with Crippen molar-refractivity contribution >= 4 is 65.4 Å². The molecule has 0 bridgehead atoms. The number of ether oxygens (including phenoxy) is 1. The third-order valence-corrected chi connectivity index (χ3v) is 4.76. The molecule has 24 heavy (non-hydrogen) atoms. The predicted octanol–water partition coefficient (Wildman–Crippen LogP) is 5.33. The molecule has 1 N–H and O–H groups in total. The van der Waals surface area contributed by atoms with Gasteiger partial charge < -0.3 is 10.1 Å². The summed E-state index contributed by atoms with van der Waals surface area (Å²) in [5.74, 6) is 0.801. The van der Waals surface area contributed by atoms with Gasteiger partial charge in [-0.1, -0.05) is 45.5 Å². The molecule has 0 unspecified atom stereocenters. The normalized spacial score (nSPS) is 10.2. The van der Waals surface area contributed by atoms with Gasteiger partial charge in [-0.05, 0) is 31.2 Å². The molecule has 126 valence electrons. The molecule has 3 rings (SSSR count). The Balaban J connectivity index is 0.00000208. The first-order valence-corrected chi connectivity index (χ1v) is 8.83. The predicted molar refractivity (Wildman–Crippen MR) is 108 cm³/mol. The monoisotopic (exact) mass is 470 g/mol. The average Bonchev–Trinajstić information content (AvgIpc) is 2.98. The van der Waals surface area contributed by atoms with Crippen LogP contribution in [0.25, 0.3) is 10.2 Å². The lowest BCUT2D eigenvalue weighted by atomic mass is 10.1. The summed E-state index contributed by atoms with van der Waals surface area (Å²) in [4.78, 5) is 16.7. The number of hydrogen-bond acceptors (Lipinski definition) is 5. The Morgan fingerprint density at radius 1 is 1.25 bits per heavy atom. The number of fused-ring (bicyclic) bond motifs is 1. The quantitative estimate of drug-likeness (QED) is 0.493. The fraction of sp³-hybridized carbons (Fsp3) is 0.176. The Morgan fingerprint density at radius 3 is 2.71 bits per heavy atom. The van der Waals surface area contributed by atoms with E-state index in [1.54, 1.807) is 12.1 Å². The number of para-hydroxylation sites is 1. The number of ketones is 1. The molecule has 4 nitrogen and oxygen atoms in total. The van der Waals surface area contributed by atoms with Crippen molar-refractivity contribution in [3.8, 4) is 5.75 Å². The number of aromatic nitrogens is 1. The van der Waals surface area contributed by atoms with Crippen LogP contribution in [-0.4, -0.2) is 23.9 Å². The van der Waals surface area contributed by atoms with E-state index in [-0.39, 0.29) is 29.3 Å². The number of hydrogen-bond donors (Lipinski definition) is 1. The number of halogens is 2. The van der Waals surface area contributed by atoms with Crippen LogP contribution in [0.3, 0.4) is 0 Å². The highest BCUT2D eigenvalue weighted by Gasteiger charge is 2.11. The Bertz CT molecular complexity index is 834. The second kappa shape index (κ2) is 8.60. The molecule has 0 aliphatic rings. The first kappa shape index (κ1) is 18.9. The molecule has 7 heteroatoms. The molecule has 0 saturated heterocycles. The molecular weight excluding hydrogens is 456 g/mol. The van der Waals surface area contributed by atoms with Crippen LogP contribution >= 0.6 is 44.2 Å². The summed E-state index contributed by atoms with van der Waals surface area (Å²) in [6.45, 7) is 2.76. The van der Waals surface area contributed by atoms with Crippen LogP contribution in [0.5, 0.6) is 5.75 Å². The van der Waals surface area contributed by atoms with Gasteiger partial charge in [-0.25, -0.2) is 4.98 Å². The van der Waals surface area contributed by atoms with Crippen molar-refractivity contribution in [3.63, 3.8) is 0 Å². The largest absolute Gasteiger partial charge is 0.492 e. The highest BCUT2D eigenvalue weighted by molar-refractivity contribution is 9.10. The van der Waals surface area contributed by atoms with Gasteiger partial charge in [0.05, 0.1) is 17.9 Å². The van der Waals surface area contributed by atoms with Crippen LogP contribution in [0.15, 0.2) is 46.9 Å². The van der Waals surface area contributed by atoms with Crippen LogP contribution in [0, 0.1) is 0 Å². The lowest BCUT2D eigenvalue weighted by Crippen LogP contribution is -2.13. The van der Waals surface area contributed by atoms with E-state index < -0.39 is 0 Å². The van der Waals surface area contributed by atoms with E-state index >= 15 is 0 Å². The van der Waals surface area contributed by atoms with E-state index in [1.165, 1.54) is 11.3 Å². The topological polar surface area (TPSA) is 51.2 Å². The van der Waals surface area contributed by atoms with Crippen molar-refractivity contribution in [1.29, 1.82) is 0 Å². The first-order valence-electron chi connectivity index (χ1n) is 7.22. The molecule has 0 saturated carbocycles. The molecule has 0 amide bonds. The van der Waals surface area contributed by atoms with Gasteiger partial charge in [0.15, 0.2) is 10.9 Å². The highest BCUT2D eigenvalue weighted by atomic mass is 79.9. The molecule has 1 aromatic heterocycles. The van der Waals surface area contributed by atoms with Gasteiger partial charge in [0, 0.05) is 10.0 Å². The zero-order valence-electron chi connectivity index (χ0n) is 12.9. The minimum absolute atomic E-state index is 0. The van der Waals surface area contributed by atoms with Crippen molar-refractivity contribution < 1.29 is 9.53 Å². The fourth-order valence-corrected chi connectivity index (χ4v) is 3.31. The lowest BCUT2D eigenvalue weighted by molar-refractivity contribution is 0.101. The number of anilines is 1. The van der Waals surface area contributed by atoms with E-state index in [0.717, 1.165) is 25.6 Å². The van der Waals surface area contributed by atoms with Crippen molar-refractivity contribution in [2.45, 2.75) is 6.92 Å². The molecule has 2 aromatic carbocycles. The van der Waals surface area contributed by atoms with Gasteiger partial charge in [-0.3, -0.25) is 4.79 Å². The second-order valence-corrected chi connectivity index (χ2v) is 6.78. The van der Waals surface area contributed by atoms with Gasteiger partial charge in [0.2, 0.25) is 0 Å². The number of Topliss-reactive ketones (excluding diaryl/α,β-unsaturated/α-hetero) is 1. The summed E-state index contributed by atoms with van der Waals surface area (Å²) in [5.41, 5.74) is 1.51. The molecule has 0 radical (unpaired) electrons. The number of benzene rings is 2. The number of thiazole rings is 1. The van der Waals surface area contributed by atoms with Crippen molar-refractivity contribution in [2.24, 2.45) is 0 Å². The van der Waals surface area contributed by atoms with Crippen molar-refractivity contribution in [1.82, 2.24) is 4.98 Å². The standard InChI is InChI=1S/C17H15BrN2O2S.BrH/c1-2-22-14-4-3-5-15-16(14)20-17(23-15)19-10-13(21)11-6-8-12(18)9-7-11;/h3-9H,2,10H2,1H3,(H,19,20);1H. The zero-order chi connectivity index (χ0) is 16.2. The van der Waals surface area contributed by atoms with Crippen LogP contribution < -0.4 is 10.1 Å². The maximum atomic E-state index is 12.2. The van der Waals surface area contributed by atoms with Gasteiger partial charge in [-0.15, -0.1) is 17.0 Å². The molecule has 0 aliphatic carbocycles. The van der Waals surface area contributed by atoms with E-state index in [0.29, 0.717) is 12.2 Å². The van der Waals surface area contributed by atoms with E-state index in [2.05, 4.69) is 26.2 Å². The zero-order valence-corrected chi connectivity index (χ0v) is 17.0. The highest BCUT2D eigenvalue weighted by Crippen LogP contribution is 2.32. The van der Waals surface area contributed by atoms with Crippen LogP contribution in [0.2, 0.25) is 0 Å². The Hall–Kier alpha value is -1.44. The first-order chi connectivity index (χ1) is 11.2. The molecule has 0 spiro atoms. The number of carbonyl (C=O) groups excluding carboxylic acids is 1. The van der Waals surface area contributed by atoms with Crippen molar-refractivity contribution in [2.75, 3.05) is 18.5 Å². The lowest BCUT2D eigenvalue weighted by Gasteiger charge is -2.03. The van der Waals surface area contributed by atoms with Gasteiger partial charge in [-0.2, -0.15) is 0 Å². The van der Waals surface area contributed by atoms with E-state index in [9.17, 15) is 4.79 Å². The minimum Gasteiger partial charge on any atom is -0.492 e. The van der Waals surface area contributed by atoms with Crippen LogP contribution in [0.1, 0.15) is 17.3 Å².